The van der Waals surface area contributed by atoms with Crippen LogP contribution in [-0.2, 0) is 11.3 Å². The fourth-order valence-electron chi connectivity index (χ4n) is 3.13. The van der Waals surface area contributed by atoms with Gasteiger partial charge in [-0.05, 0) is 58.1 Å². The maximum Gasteiger partial charge on any atom is 0.244 e. The summed E-state index contributed by atoms with van der Waals surface area (Å²) >= 11 is 0. The molecule has 3 rings (SSSR count). The summed E-state index contributed by atoms with van der Waals surface area (Å²) in [6.45, 7) is 7.23. The van der Waals surface area contributed by atoms with Crippen LogP contribution in [0.2, 0.25) is 0 Å². The molecule has 1 aromatic rings. The number of amides is 1. The number of aryl methyl sites for hydroxylation is 2. The van der Waals surface area contributed by atoms with Crippen LogP contribution in [-0.4, -0.2) is 46.3 Å². The predicted octanol–water partition coefficient (Wildman–Crippen LogP) is 1.49. The molecule has 0 bridgehead atoms. The Morgan fingerprint density at radius 1 is 1.38 bits per heavy atom. The van der Waals surface area contributed by atoms with Crippen molar-refractivity contribution in [3.05, 3.63) is 17.5 Å². The molecule has 1 atom stereocenters. The first-order chi connectivity index (χ1) is 10.1. The van der Waals surface area contributed by atoms with E-state index in [0.717, 1.165) is 36.9 Å². The number of rotatable bonds is 6. The molecule has 5 heteroatoms. The van der Waals surface area contributed by atoms with Crippen molar-refractivity contribution in [2.45, 2.75) is 52.1 Å². The van der Waals surface area contributed by atoms with Crippen LogP contribution in [0.3, 0.4) is 0 Å². The average Bonchev–Trinajstić information content (AvgIpc) is 2.99. The first kappa shape index (κ1) is 14.6. The Kier molecular flexibility index (Phi) is 4.29. The summed E-state index contributed by atoms with van der Waals surface area (Å²) in [4.78, 5) is 14.7. The molecule has 2 aliphatic rings. The number of nitrogens with zero attached hydrogens (tertiary/aromatic N) is 3. The Bertz CT molecular complexity index is 500. The van der Waals surface area contributed by atoms with E-state index in [1.165, 1.54) is 25.7 Å². The summed E-state index contributed by atoms with van der Waals surface area (Å²) in [6, 6.07) is 2.50. The third-order valence-electron chi connectivity index (χ3n) is 4.52. The molecule has 1 aliphatic heterocycles. The van der Waals surface area contributed by atoms with Gasteiger partial charge in [-0.1, -0.05) is 0 Å². The Balaban J connectivity index is 1.62. The standard InChI is InChI=1S/C16H26N4O/c1-12-8-13(2)20(18-12)11-16(21)19(9-14-5-6-14)10-15-4-3-7-17-15/h8,14-15,17H,3-7,9-11H2,1-2H3. The normalized spacial score (nSPS) is 21.7. The molecule has 0 spiro atoms. The maximum absolute atomic E-state index is 12.7. The summed E-state index contributed by atoms with van der Waals surface area (Å²) in [5.74, 6) is 0.942. The molecule has 0 radical (unpaired) electrons. The van der Waals surface area contributed by atoms with Gasteiger partial charge in [0.25, 0.3) is 0 Å². The van der Waals surface area contributed by atoms with Crippen molar-refractivity contribution in [2.24, 2.45) is 5.92 Å². The van der Waals surface area contributed by atoms with Crippen molar-refractivity contribution in [1.82, 2.24) is 20.0 Å². The first-order valence-electron chi connectivity index (χ1n) is 8.14. The van der Waals surface area contributed by atoms with E-state index in [0.29, 0.717) is 12.6 Å². The Hall–Kier alpha value is -1.36. The lowest BCUT2D eigenvalue weighted by Gasteiger charge is -2.26. The lowest BCUT2D eigenvalue weighted by atomic mass is 10.2. The van der Waals surface area contributed by atoms with Gasteiger partial charge in [-0.3, -0.25) is 9.48 Å². The molecule has 1 saturated heterocycles. The zero-order valence-corrected chi connectivity index (χ0v) is 13.1. The van der Waals surface area contributed by atoms with Crippen molar-refractivity contribution in [3.8, 4) is 0 Å². The summed E-state index contributed by atoms with van der Waals surface area (Å²) in [5.41, 5.74) is 2.04. The highest BCUT2D eigenvalue weighted by molar-refractivity contribution is 5.76. The van der Waals surface area contributed by atoms with Crippen LogP contribution >= 0.6 is 0 Å². The van der Waals surface area contributed by atoms with E-state index < -0.39 is 0 Å². The Morgan fingerprint density at radius 3 is 2.76 bits per heavy atom. The van der Waals surface area contributed by atoms with E-state index in [2.05, 4.69) is 15.3 Å². The van der Waals surface area contributed by atoms with Crippen LogP contribution in [0.4, 0.5) is 0 Å². The van der Waals surface area contributed by atoms with Crippen LogP contribution in [0.15, 0.2) is 6.07 Å². The summed E-state index contributed by atoms with van der Waals surface area (Å²) in [5, 5.41) is 7.91. The third-order valence-corrected chi connectivity index (χ3v) is 4.52. The van der Waals surface area contributed by atoms with E-state index >= 15 is 0 Å². The molecule has 5 nitrogen and oxygen atoms in total. The quantitative estimate of drug-likeness (QED) is 0.863. The number of carbonyl (C=O) groups is 1. The van der Waals surface area contributed by atoms with Gasteiger partial charge in [-0.25, -0.2) is 0 Å². The van der Waals surface area contributed by atoms with Crippen molar-refractivity contribution >= 4 is 5.91 Å². The van der Waals surface area contributed by atoms with E-state index in [9.17, 15) is 4.79 Å². The molecular weight excluding hydrogens is 264 g/mol. The van der Waals surface area contributed by atoms with Crippen molar-refractivity contribution < 1.29 is 4.79 Å². The first-order valence-corrected chi connectivity index (χ1v) is 8.14. The highest BCUT2D eigenvalue weighted by Crippen LogP contribution is 2.30. The van der Waals surface area contributed by atoms with E-state index in [-0.39, 0.29) is 5.91 Å². The minimum atomic E-state index is 0.210. The van der Waals surface area contributed by atoms with Crippen molar-refractivity contribution in [1.29, 1.82) is 0 Å². The molecule has 116 valence electrons. The summed E-state index contributed by atoms with van der Waals surface area (Å²) in [7, 11) is 0. The van der Waals surface area contributed by atoms with Gasteiger partial charge in [0, 0.05) is 24.8 Å². The molecule has 1 N–H and O–H groups in total. The molecule has 1 unspecified atom stereocenters. The Labute approximate surface area is 126 Å². The van der Waals surface area contributed by atoms with Gasteiger partial charge >= 0.3 is 0 Å². The minimum Gasteiger partial charge on any atom is -0.339 e. The van der Waals surface area contributed by atoms with E-state index in [1.807, 2.05) is 24.6 Å². The maximum atomic E-state index is 12.7. The monoisotopic (exact) mass is 290 g/mol. The summed E-state index contributed by atoms with van der Waals surface area (Å²) < 4.78 is 1.83. The SMILES string of the molecule is Cc1cc(C)n(CC(=O)N(CC2CC2)CC2CCCN2)n1. The van der Waals surface area contributed by atoms with Gasteiger partial charge in [-0.2, -0.15) is 5.10 Å². The molecular formula is C16H26N4O. The number of aromatic nitrogens is 2. The summed E-state index contributed by atoms with van der Waals surface area (Å²) in [6.07, 6.45) is 4.98. The van der Waals surface area contributed by atoms with Gasteiger partial charge < -0.3 is 10.2 Å². The fraction of sp³-hybridized carbons (Fsp3) is 0.750. The molecule has 0 aromatic carbocycles. The zero-order valence-electron chi connectivity index (χ0n) is 13.1. The second-order valence-corrected chi connectivity index (χ2v) is 6.62. The molecule has 1 aromatic heterocycles. The van der Waals surface area contributed by atoms with Gasteiger partial charge in [0.2, 0.25) is 5.91 Å². The topological polar surface area (TPSA) is 50.2 Å². The molecule has 2 heterocycles. The molecule has 21 heavy (non-hydrogen) atoms. The Morgan fingerprint density at radius 2 is 2.19 bits per heavy atom. The number of nitrogens with one attached hydrogen (secondary N) is 1. The van der Waals surface area contributed by atoms with Gasteiger partial charge in [0.05, 0.1) is 5.69 Å². The highest BCUT2D eigenvalue weighted by atomic mass is 16.2. The van der Waals surface area contributed by atoms with Crippen molar-refractivity contribution in [2.75, 3.05) is 19.6 Å². The van der Waals surface area contributed by atoms with Crippen LogP contribution in [0.25, 0.3) is 0 Å². The smallest absolute Gasteiger partial charge is 0.244 e. The van der Waals surface area contributed by atoms with Crippen LogP contribution in [0.1, 0.15) is 37.1 Å². The second kappa shape index (κ2) is 6.18. The fourth-order valence-corrected chi connectivity index (χ4v) is 3.13. The highest BCUT2D eigenvalue weighted by Gasteiger charge is 2.29. The van der Waals surface area contributed by atoms with Crippen molar-refractivity contribution in [3.63, 3.8) is 0 Å². The van der Waals surface area contributed by atoms with Gasteiger partial charge in [-0.15, -0.1) is 0 Å². The van der Waals surface area contributed by atoms with Crippen LogP contribution in [0.5, 0.6) is 0 Å². The zero-order chi connectivity index (χ0) is 14.8. The van der Waals surface area contributed by atoms with Gasteiger partial charge in [0.1, 0.15) is 6.54 Å². The van der Waals surface area contributed by atoms with E-state index in [1.54, 1.807) is 0 Å². The largest absolute Gasteiger partial charge is 0.339 e. The second-order valence-electron chi connectivity index (χ2n) is 6.62. The minimum absolute atomic E-state index is 0.210. The molecule has 1 aliphatic carbocycles. The van der Waals surface area contributed by atoms with E-state index in [4.69, 9.17) is 0 Å². The number of hydrogen-bond acceptors (Lipinski definition) is 3. The number of hydrogen-bond donors (Lipinski definition) is 1. The average molecular weight is 290 g/mol. The number of carbonyl (C=O) groups excluding carboxylic acids is 1. The lowest BCUT2D eigenvalue weighted by Crippen LogP contribution is -2.43. The predicted molar refractivity (Wildman–Crippen MR) is 82.0 cm³/mol. The molecule has 2 fully saturated rings. The molecule has 1 amide bonds. The lowest BCUT2D eigenvalue weighted by molar-refractivity contribution is -0.132. The third kappa shape index (κ3) is 3.84. The van der Waals surface area contributed by atoms with Crippen LogP contribution in [0, 0.1) is 19.8 Å². The molecule has 1 saturated carbocycles. The van der Waals surface area contributed by atoms with Gasteiger partial charge in [0.15, 0.2) is 0 Å². The van der Waals surface area contributed by atoms with Crippen LogP contribution < -0.4 is 5.32 Å².